The van der Waals surface area contributed by atoms with Gasteiger partial charge in [-0.1, -0.05) is 13.0 Å². The van der Waals surface area contributed by atoms with Crippen LogP contribution in [-0.4, -0.2) is 75.8 Å². The van der Waals surface area contributed by atoms with Crippen molar-refractivity contribution >= 4 is 22.7 Å². The fourth-order valence-corrected chi connectivity index (χ4v) is 4.56. The van der Waals surface area contributed by atoms with Crippen LogP contribution in [0.1, 0.15) is 48.0 Å². The van der Waals surface area contributed by atoms with Crippen LogP contribution in [0.15, 0.2) is 35.3 Å². The minimum atomic E-state index is -0.248. The standard InChI is InChI=1S/C27H33N5O4/c1-5-31(4)8-9-35-19-7-6-17-14-32(15-18(17)10-19)26(34)21-11-20-22(12-24(21)33)29-30-23(20)13-25-28-27(2,3)16-36-25/h6-7,10-12,33H,5,8-9,13-16H2,1-4H3,(H,29,30). The van der Waals surface area contributed by atoms with Gasteiger partial charge in [-0.25, -0.2) is 4.99 Å². The number of phenols is 1. The van der Waals surface area contributed by atoms with Gasteiger partial charge in [0, 0.05) is 31.1 Å². The number of hydrogen-bond acceptors (Lipinski definition) is 7. The van der Waals surface area contributed by atoms with Crippen LogP contribution in [0.25, 0.3) is 10.9 Å². The van der Waals surface area contributed by atoms with Crippen LogP contribution >= 0.6 is 0 Å². The molecule has 36 heavy (non-hydrogen) atoms. The number of benzene rings is 2. The molecule has 0 fully saturated rings. The van der Waals surface area contributed by atoms with Crippen LogP contribution in [0.3, 0.4) is 0 Å². The predicted molar refractivity (Wildman–Crippen MR) is 138 cm³/mol. The van der Waals surface area contributed by atoms with Crippen LogP contribution in [0.4, 0.5) is 0 Å². The Morgan fingerprint density at radius 3 is 2.81 bits per heavy atom. The van der Waals surface area contributed by atoms with E-state index in [0.717, 1.165) is 41.0 Å². The van der Waals surface area contributed by atoms with Crippen molar-refractivity contribution in [2.45, 2.75) is 45.8 Å². The number of aromatic hydroxyl groups is 1. The van der Waals surface area contributed by atoms with E-state index < -0.39 is 0 Å². The second kappa shape index (κ2) is 9.46. The minimum absolute atomic E-state index is 0.0710. The average Bonchev–Trinajstić information content (AvgIpc) is 3.54. The van der Waals surface area contributed by atoms with Gasteiger partial charge in [-0.15, -0.1) is 0 Å². The number of amides is 1. The van der Waals surface area contributed by atoms with Crippen LogP contribution in [0, 0.1) is 0 Å². The highest BCUT2D eigenvalue weighted by atomic mass is 16.5. The molecule has 3 heterocycles. The van der Waals surface area contributed by atoms with Gasteiger partial charge in [-0.3, -0.25) is 9.89 Å². The van der Waals surface area contributed by atoms with Crippen LogP contribution < -0.4 is 4.74 Å². The summed E-state index contributed by atoms with van der Waals surface area (Å²) >= 11 is 0. The van der Waals surface area contributed by atoms with Gasteiger partial charge in [0.1, 0.15) is 24.7 Å². The Morgan fingerprint density at radius 1 is 1.25 bits per heavy atom. The fourth-order valence-electron chi connectivity index (χ4n) is 4.56. The number of ether oxygens (including phenoxy) is 2. The largest absolute Gasteiger partial charge is 0.507 e. The molecule has 0 saturated carbocycles. The monoisotopic (exact) mass is 491 g/mol. The van der Waals surface area contributed by atoms with Gasteiger partial charge in [-0.05, 0) is 56.8 Å². The summed E-state index contributed by atoms with van der Waals surface area (Å²) in [6.07, 6.45) is 0.424. The van der Waals surface area contributed by atoms with Crippen LogP contribution in [-0.2, 0) is 24.2 Å². The third-order valence-corrected chi connectivity index (χ3v) is 6.80. The molecule has 1 aromatic heterocycles. The van der Waals surface area contributed by atoms with Crippen molar-refractivity contribution in [2.75, 3.05) is 33.4 Å². The van der Waals surface area contributed by atoms with E-state index in [1.807, 2.05) is 32.0 Å². The minimum Gasteiger partial charge on any atom is -0.507 e. The van der Waals surface area contributed by atoms with E-state index in [4.69, 9.17) is 9.47 Å². The normalized spacial score (nSPS) is 16.4. The van der Waals surface area contributed by atoms with Crippen molar-refractivity contribution in [2.24, 2.45) is 4.99 Å². The quantitative estimate of drug-likeness (QED) is 0.500. The lowest BCUT2D eigenvalue weighted by molar-refractivity contribution is 0.0748. The first-order valence-corrected chi connectivity index (χ1v) is 12.4. The zero-order valence-corrected chi connectivity index (χ0v) is 21.3. The van der Waals surface area contributed by atoms with Gasteiger partial charge in [0.05, 0.1) is 28.7 Å². The molecule has 0 radical (unpaired) electrons. The highest BCUT2D eigenvalue weighted by Crippen LogP contribution is 2.32. The summed E-state index contributed by atoms with van der Waals surface area (Å²) in [5.41, 5.74) is 3.56. The van der Waals surface area contributed by atoms with Gasteiger partial charge in [0.2, 0.25) is 0 Å². The van der Waals surface area contributed by atoms with Crippen molar-refractivity contribution < 1.29 is 19.4 Å². The zero-order chi connectivity index (χ0) is 25.4. The number of phenolic OH excluding ortho intramolecular Hbond substituents is 1. The van der Waals surface area contributed by atoms with Gasteiger partial charge in [0.25, 0.3) is 5.91 Å². The van der Waals surface area contributed by atoms with Crippen LogP contribution in [0.2, 0.25) is 0 Å². The number of fused-ring (bicyclic) bond motifs is 2. The summed E-state index contributed by atoms with van der Waals surface area (Å²) in [7, 11) is 2.06. The number of rotatable bonds is 8. The molecule has 5 rings (SSSR count). The second-order valence-corrected chi connectivity index (χ2v) is 10.2. The number of aromatic amines is 1. The molecule has 0 spiro atoms. The van der Waals surface area contributed by atoms with Crippen molar-refractivity contribution in [3.05, 3.63) is 52.7 Å². The maximum absolute atomic E-state index is 13.5. The van der Waals surface area contributed by atoms with E-state index in [1.54, 1.807) is 17.0 Å². The molecule has 1 amide bonds. The first-order chi connectivity index (χ1) is 17.2. The van der Waals surface area contributed by atoms with Gasteiger partial charge >= 0.3 is 0 Å². The number of nitrogens with one attached hydrogen (secondary N) is 1. The van der Waals surface area contributed by atoms with Gasteiger partial charge < -0.3 is 24.4 Å². The molecule has 2 aliphatic heterocycles. The Labute approximate surface area is 210 Å². The summed E-state index contributed by atoms with van der Waals surface area (Å²) in [5, 5.41) is 18.8. The third-order valence-electron chi connectivity index (χ3n) is 6.80. The van der Waals surface area contributed by atoms with E-state index in [0.29, 0.717) is 44.1 Å². The smallest absolute Gasteiger partial charge is 0.258 e. The fraction of sp³-hybridized carbons (Fsp3) is 0.444. The second-order valence-electron chi connectivity index (χ2n) is 10.2. The van der Waals surface area contributed by atoms with Crippen molar-refractivity contribution in [3.63, 3.8) is 0 Å². The molecule has 2 aliphatic rings. The Hall–Kier alpha value is -3.59. The molecule has 0 bridgehead atoms. The molecule has 9 nitrogen and oxygen atoms in total. The Bertz CT molecular complexity index is 1330. The number of carbonyl (C=O) groups excluding carboxylic acids is 1. The van der Waals surface area contributed by atoms with E-state index in [2.05, 4.69) is 34.1 Å². The predicted octanol–water partition coefficient (Wildman–Crippen LogP) is 3.50. The molecule has 0 saturated heterocycles. The lowest BCUT2D eigenvalue weighted by Gasteiger charge is -2.16. The molecular weight excluding hydrogens is 458 g/mol. The molecule has 3 aromatic rings. The first kappa shape index (κ1) is 24.1. The molecule has 2 N–H and O–H groups in total. The topological polar surface area (TPSA) is 103 Å². The van der Waals surface area contributed by atoms with Crippen molar-refractivity contribution in [1.29, 1.82) is 0 Å². The Kier molecular flexibility index (Phi) is 6.34. The van der Waals surface area contributed by atoms with E-state index in [1.165, 1.54) is 0 Å². The SMILES string of the molecule is CCN(C)CCOc1ccc2c(c1)CN(C(=O)c1cc3c(CC4=NC(C)(C)CO4)n[nH]c3cc1O)C2. The lowest BCUT2D eigenvalue weighted by Crippen LogP contribution is -2.25. The first-order valence-electron chi connectivity index (χ1n) is 12.4. The number of aromatic nitrogens is 2. The summed E-state index contributed by atoms with van der Waals surface area (Å²) < 4.78 is 11.6. The average molecular weight is 492 g/mol. The Morgan fingerprint density at radius 2 is 2.06 bits per heavy atom. The number of likely N-dealkylation sites (N-methyl/N-ethyl adjacent to an activating group) is 1. The number of aliphatic imine (C=N–C) groups is 1. The highest BCUT2D eigenvalue weighted by Gasteiger charge is 2.29. The summed E-state index contributed by atoms with van der Waals surface area (Å²) in [6.45, 7) is 10.1. The number of carbonyl (C=O) groups is 1. The summed E-state index contributed by atoms with van der Waals surface area (Å²) in [5.74, 6) is 1.14. The highest BCUT2D eigenvalue weighted by molar-refractivity contribution is 6.02. The molecule has 0 aliphatic carbocycles. The summed E-state index contributed by atoms with van der Waals surface area (Å²) in [6, 6.07) is 9.25. The van der Waals surface area contributed by atoms with E-state index in [9.17, 15) is 9.90 Å². The molecule has 190 valence electrons. The molecule has 0 unspecified atom stereocenters. The number of nitrogens with zero attached hydrogens (tertiary/aromatic N) is 4. The lowest BCUT2D eigenvalue weighted by atomic mass is 10.1. The van der Waals surface area contributed by atoms with Crippen LogP contribution in [0.5, 0.6) is 11.5 Å². The van der Waals surface area contributed by atoms with Gasteiger partial charge in [-0.2, -0.15) is 5.10 Å². The number of H-pyrrole nitrogens is 1. The maximum Gasteiger partial charge on any atom is 0.258 e. The van der Waals surface area contributed by atoms with Crippen molar-refractivity contribution in [1.82, 2.24) is 20.0 Å². The number of hydrogen-bond donors (Lipinski definition) is 2. The van der Waals surface area contributed by atoms with Crippen molar-refractivity contribution in [3.8, 4) is 11.5 Å². The Balaban J connectivity index is 1.32. The molecule has 0 atom stereocenters. The molecule has 9 heteroatoms. The van der Waals surface area contributed by atoms with E-state index >= 15 is 0 Å². The summed E-state index contributed by atoms with van der Waals surface area (Å²) in [4.78, 5) is 22.0. The van der Waals surface area contributed by atoms with E-state index in [-0.39, 0.29) is 22.8 Å². The third kappa shape index (κ3) is 4.88. The zero-order valence-electron chi connectivity index (χ0n) is 21.3. The van der Waals surface area contributed by atoms with Gasteiger partial charge in [0.15, 0.2) is 5.90 Å². The maximum atomic E-state index is 13.5. The molecular formula is C27H33N5O4. The molecule has 2 aromatic carbocycles.